The van der Waals surface area contributed by atoms with Gasteiger partial charge in [-0.2, -0.15) is 8.42 Å². The van der Waals surface area contributed by atoms with Gasteiger partial charge in [0, 0.05) is 0 Å². The van der Waals surface area contributed by atoms with Gasteiger partial charge in [0.2, 0.25) is 0 Å². The molecule has 0 aliphatic carbocycles. The van der Waals surface area contributed by atoms with Gasteiger partial charge in [0.15, 0.2) is 4.99 Å². The van der Waals surface area contributed by atoms with Crippen molar-refractivity contribution < 1.29 is 26.6 Å². The number of hydrogen-bond acceptors (Lipinski definition) is 5. The van der Waals surface area contributed by atoms with Crippen molar-refractivity contribution in [3.8, 4) is 0 Å². The summed E-state index contributed by atoms with van der Waals surface area (Å²) >= 11 is 0. The van der Waals surface area contributed by atoms with Crippen LogP contribution in [0.25, 0.3) is 0 Å². The molecule has 0 saturated carbocycles. The predicted octanol–water partition coefficient (Wildman–Crippen LogP) is 8.23. The molecule has 0 aromatic carbocycles. The van der Waals surface area contributed by atoms with E-state index in [2.05, 4.69) is 45.9 Å². The fraction of sp³-hybridized carbons (Fsp3) is 0.760. The Hall–Kier alpha value is -0.720. The van der Waals surface area contributed by atoms with Crippen LogP contribution in [0.5, 0.6) is 0 Å². The third-order valence-corrected chi connectivity index (χ3v) is 10.0. The van der Waals surface area contributed by atoms with Crippen molar-refractivity contribution in [2.45, 2.75) is 111 Å². The van der Waals surface area contributed by atoms with E-state index in [0.717, 1.165) is 51.4 Å². The quantitative estimate of drug-likeness (QED) is 0.0821. The minimum absolute atomic E-state index is 0.0558. The molecular weight excluding hydrogens is 459 g/mol. The lowest BCUT2D eigenvalue weighted by Gasteiger charge is -2.24. The van der Waals surface area contributed by atoms with Crippen molar-refractivity contribution in [1.29, 1.82) is 0 Å². The van der Waals surface area contributed by atoms with Gasteiger partial charge in [-0.05, 0) is 86.5 Å². The normalized spacial score (nSPS) is 14.4. The van der Waals surface area contributed by atoms with E-state index < -0.39 is 22.7 Å². The van der Waals surface area contributed by atoms with Crippen LogP contribution < -0.4 is 0 Å². The minimum Gasteiger partial charge on any atom is -0.308 e. The molecule has 0 rings (SSSR count). The highest BCUT2D eigenvalue weighted by Crippen LogP contribution is 2.56. The predicted molar refractivity (Wildman–Crippen MR) is 139 cm³/mol. The first-order valence-electron chi connectivity index (χ1n) is 12.3. The molecule has 6 nitrogen and oxygen atoms in total. The molecule has 0 aromatic rings. The molecule has 33 heavy (non-hydrogen) atoms. The van der Waals surface area contributed by atoms with E-state index in [1.54, 1.807) is 13.8 Å². The van der Waals surface area contributed by atoms with Crippen molar-refractivity contribution in [2.24, 2.45) is 0 Å². The summed E-state index contributed by atoms with van der Waals surface area (Å²) in [6.07, 6.45) is 15.6. The van der Waals surface area contributed by atoms with Gasteiger partial charge < -0.3 is 9.05 Å². The molecule has 1 N–H and O–H groups in total. The maximum absolute atomic E-state index is 12.8. The van der Waals surface area contributed by atoms with E-state index in [9.17, 15) is 17.5 Å². The second-order valence-electron chi connectivity index (χ2n) is 8.80. The SMILES string of the molecule is CCOP(=O)(OCC)C(CCCCCC/C=C(\C)CC/C=C(\C)CCC=C(C)C)S(=O)(=O)O. The molecule has 0 saturated heterocycles. The van der Waals surface area contributed by atoms with Gasteiger partial charge in [0.25, 0.3) is 10.1 Å². The highest BCUT2D eigenvalue weighted by molar-refractivity contribution is 7.94. The maximum Gasteiger partial charge on any atom is 0.351 e. The Kier molecular flexibility index (Phi) is 17.3. The van der Waals surface area contributed by atoms with Gasteiger partial charge in [-0.25, -0.2) is 0 Å². The maximum atomic E-state index is 12.8. The minimum atomic E-state index is -4.53. The van der Waals surface area contributed by atoms with Crippen molar-refractivity contribution in [3.63, 3.8) is 0 Å². The van der Waals surface area contributed by atoms with E-state index >= 15 is 0 Å². The zero-order valence-corrected chi connectivity index (χ0v) is 23.3. The summed E-state index contributed by atoms with van der Waals surface area (Å²) < 4.78 is 56.2. The molecule has 0 spiro atoms. The first-order valence-corrected chi connectivity index (χ1v) is 15.4. The number of unbranched alkanes of at least 4 members (excludes halogenated alkanes) is 4. The van der Waals surface area contributed by atoms with Crippen molar-refractivity contribution >= 4 is 17.7 Å². The average Bonchev–Trinajstić information content (AvgIpc) is 2.69. The molecule has 8 heteroatoms. The van der Waals surface area contributed by atoms with E-state index in [4.69, 9.17) is 9.05 Å². The molecule has 194 valence electrons. The van der Waals surface area contributed by atoms with Crippen LogP contribution in [-0.2, 0) is 23.7 Å². The van der Waals surface area contributed by atoms with Crippen LogP contribution in [0.2, 0.25) is 0 Å². The first kappa shape index (κ1) is 32.3. The zero-order valence-electron chi connectivity index (χ0n) is 21.6. The molecule has 0 aromatic heterocycles. The van der Waals surface area contributed by atoms with Gasteiger partial charge in [-0.15, -0.1) is 0 Å². The van der Waals surface area contributed by atoms with Crippen LogP contribution in [-0.4, -0.2) is 31.2 Å². The molecule has 0 bridgehead atoms. The van der Waals surface area contributed by atoms with Crippen LogP contribution in [0.15, 0.2) is 34.9 Å². The average molecular weight is 507 g/mol. The van der Waals surface area contributed by atoms with E-state index in [1.807, 2.05) is 0 Å². The lowest BCUT2D eigenvalue weighted by Crippen LogP contribution is -2.23. The van der Waals surface area contributed by atoms with Crippen LogP contribution >= 0.6 is 7.60 Å². The summed E-state index contributed by atoms with van der Waals surface area (Å²) in [7, 11) is -8.44. The Morgan fingerprint density at radius 2 is 1.30 bits per heavy atom. The summed E-state index contributed by atoms with van der Waals surface area (Å²) in [5.41, 5.74) is 4.21. The van der Waals surface area contributed by atoms with E-state index in [1.165, 1.54) is 16.7 Å². The Bertz CT molecular complexity index is 769. The van der Waals surface area contributed by atoms with Crippen LogP contribution in [0.3, 0.4) is 0 Å². The highest BCUT2D eigenvalue weighted by Gasteiger charge is 2.43. The number of rotatable bonds is 19. The van der Waals surface area contributed by atoms with Gasteiger partial charge in [0.05, 0.1) is 13.2 Å². The monoisotopic (exact) mass is 506 g/mol. The molecule has 0 amide bonds. The molecule has 1 unspecified atom stereocenters. The van der Waals surface area contributed by atoms with E-state index in [0.29, 0.717) is 6.42 Å². The summed E-state index contributed by atoms with van der Waals surface area (Å²) in [5.74, 6) is 0. The molecule has 0 aliphatic rings. The van der Waals surface area contributed by atoms with Crippen LogP contribution in [0, 0.1) is 0 Å². The Labute approximate surface area is 203 Å². The molecule has 0 fully saturated rings. The van der Waals surface area contributed by atoms with Crippen molar-refractivity contribution in [3.05, 3.63) is 34.9 Å². The van der Waals surface area contributed by atoms with Crippen LogP contribution in [0.4, 0.5) is 0 Å². The topological polar surface area (TPSA) is 89.9 Å². The number of allylic oxidation sites excluding steroid dienone is 6. The van der Waals surface area contributed by atoms with Gasteiger partial charge >= 0.3 is 7.60 Å². The molecular formula is C25H47O6PS. The summed E-state index contributed by atoms with van der Waals surface area (Å²) in [6.45, 7) is 12.0. The standard InChI is InChI=1S/C25H47O6PS/c1-7-30-32(26,31-8-2)25(33(27,28)29)21-13-11-9-10-12-17-23(5)19-15-20-24(6)18-14-16-22(3)4/h16-17,20,25H,7-15,18-19,21H2,1-6H3,(H,27,28,29)/b23-17+,24-20+. The Morgan fingerprint density at radius 3 is 1.79 bits per heavy atom. The third kappa shape index (κ3) is 15.7. The third-order valence-electron chi connectivity index (χ3n) is 5.34. The van der Waals surface area contributed by atoms with Crippen molar-refractivity contribution in [2.75, 3.05) is 13.2 Å². The lowest BCUT2D eigenvalue weighted by molar-refractivity contribution is 0.215. The second-order valence-corrected chi connectivity index (χ2v) is 13.0. The summed E-state index contributed by atoms with van der Waals surface area (Å²) in [4.78, 5) is -1.52. The first-order chi connectivity index (χ1) is 15.5. The number of hydrogen-bond donors (Lipinski definition) is 1. The molecule has 1 atom stereocenters. The summed E-state index contributed by atoms with van der Waals surface area (Å²) in [5, 5.41) is 0. The van der Waals surface area contributed by atoms with Crippen molar-refractivity contribution in [1.82, 2.24) is 0 Å². The summed E-state index contributed by atoms with van der Waals surface area (Å²) in [6, 6.07) is 0. The Morgan fingerprint density at radius 1 is 0.818 bits per heavy atom. The van der Waals surface area contributed by atoms with Gasteiger partial charge in [0.1, 0.15) is 0 Å². The largest absolute Gasteiger partial charge is 0.351 e. The highest BCUT2D eigenvalue weighted by atomic mass is 32.2. The fourth-order valence-corrected chi connectivity index (χ4v) is 7.30. The van der Waals surface area contributed by atoms with Gasteiger partial charge in [-0.1, -0.05) is 54.2 Å². The molecule has 0 radical (unpaired) electrons. The van der Waals surface area contributed by atoms with E-state index in [-0.39, 0.29) is 19.6 Å². The van der Waals surface area contributed by atoms with Gasteiger partial charge in [-0.3, -0.25) is 9.12 Å². The smallest absolute Gasteiger partial charge is 0.308 e. The lowest BCUT2D eigenvalue weighted by atomic mass is 10.0. The molecule has 0 heterocycles. The fourth-order valence-electron chi connectivity index (χ4n) is 3.54. The zero-order chi connectivity index (χ0) is 25.3. The molecule has 0 aliphatic heterocycles. The Balaban J connectivity index is 4.32. The second kappa shape index (κ2) is 17.7. The van der Waals surface area contributed by atoms with Crippen LogP contribution in [0.1, 0.15) is 106 Å².